The third-order valence-electron chi connectivity index (χ3n) is 4.74. The summed E-state index contributed by atoms with van der Waals surface area (Å²) in [5.41, 5.74) is 1.16. The van der Waals surface area contributed by atoms with Gasteiger partial charge in [0.05, 0.1) is 17.7 Å². The fourth-order valence-electron chi connectivity index (χ4n) is 3.06. The summed E-state index contributed by atoms with van der Waals surface area (Å²) >= 11 is 7.17. The smallest absolute Gasteiger partial charge is 0.264 e. The van der Waals surface area contributed by atoms with Gasteiger partial charge in [-0.05, 0) is 48.5 Å². The van der Waals surface area contributed by atoms with Gasteiger partial charge in [-0.25, -0.2) is 8.42 Å². The van der Waals surface area contributed by atoms with E-state index in [-0.39, 0.29) is 15.7 Å². The van der Waals surface area contributed by atoms with Gasteiger partial charge in [0.25, 0.3) is 10.0 Å². The van der Waals surface area contributed by atoms with E-state index in [0.717, 1.165) is 9.87 Å². The molecule has 0 unspecified atom stereocenters. The van der Waals surface area contributed by atoms with Crippen LogP contribution in [-0.4, -0.2) is 38.2 Å². The summed E-state index contributed by atoms with van der Waals surface area (Å²) in [5.74, 6) is -0.0528. The van der Waals surface area contributed by atoms with Crippen LogP contribution in [0.5, 0.6) is 5.75 Å². The number of carbonyl (C=O) groups is 1. The van der Waals surface area contributed by atoms with E-state index < -0.39 is 22.5 Å². The Labute approximate surface area is 205 Å². The molecular weight excluding hydrogens is 496 g/mol. The molecule has 0 spiro atoms. The molecule has 1 N–H and O–H groups in total. The van der Waals surface area contributed by atoms with Crippen LogP contribution in [0.2, 0.25) is 5.02 Å². The summed E-state index contributed by atoms with van der Waals surface area (Å²) in [7, 11) is -2.59. The maximum Gasteiger partial charge on any atom is 0.264 e. The van der Waals surface area contributed by atoms with Gasteiger partial charge in [-0.15, -0.1) is 10.2 Å². The van der Waals surface area contributed by atoms with Crippen molar-refractivity contribution in [1.29, 1.82) is 0 Å². The normalized spacial score (nSPS) is 11.1. The second-order valence-electron chi connectivity index (χ2n) is 6.99. The molecule has 0 aliphatic rings. The molecule has 0 saturated heterocycles. The first-order chi connectivity index (χ1) is 16.4. The summed E-state index contributed by atoms with van der Waals surface area (Å²) in [4.78, 5) is 12.9. The maximum atomic E-state index is 13.4. The number of sulfonamides is 1. The van der Waals surface area contributed by atoms with E-state index in [1.807, 2.05) is 30.3 Å². The van der Waals surface area contributed by atoms with Crippen LogP contribution in [0, 0.1) is 0 Å². The third-order valence-corrected chi connectivity index (χ3v) is 7.67. The number of carbonyl (C=O) groups excluding carboxylic acids is 1. The second kappa shape index (κ2) is 10.2. The molecule has 0 saturated carbocycles. The zero-order valence-electron chi connectivity index (χ0n) is 17.9. The molecule has 0 aliphatic carbocycles. The average molecular weight is 515 g/mol. The van der Waals surface area contributed by atoms with Crippen molar-refractivity contribution in [3.05, 3.63) is 83.9 Å². The zero-order chi connectivity index (χ0) is 24.1. The van der Waals surface area contributed by atoms with E-state index in [0.29, 0.717) is 15.8 Å². The number of rotatable bonds is 8. The number of amides is 1. The standard InChI is InChI=1S/C23H19ClN4O4S2/c1-32-19-11-13-20(14-12-19)34(30,31)28(18-9-7-17(24)8-10-18)15-21(29)25-23-27-26-22(33-23)16-5-3-2-4-6-16/h2-14H,15H2,1H3,(H,25,27,29). The number of hydrogen-bond donors (Lipinski definition) is 1. The van der Waals surface area contributed by atoms with Gasteiger partial charge in [0.2, 0.25) is 11.0 Å². The first kappa shape index (κ1) is 23.7. The van der Waals surface area contributed by atoms with Gasteiger partial charge in [-0.3, -0.25) is 14.4 Å². The van der Waals surface area contributed by atoms with Crippen molar-refractivity contribution in [3.8, 4) is 16.3 Å². The predicted molar refractivity (Wildman–Crippen MR) is 133 cm³/mol. The van der Waals surface area contributed by atoms with Gasteiger partial charge in [-0.1, -0.05) is 53.3 Å². The number of benzene rings is 3. The number of aromatic nitrogens is 2. The lowest BCUT2D eigenvalue weighted by atomic mass is 10.2. The molecule has 4 rings (SSSR count). The molecule has 34 heavy (non-hydrogen) atoms. The molecule has 0 aliphatic heterocycles. The van der Waals surface area contributed by atoms with Crippen LogP contribution in [0.4, 0.5) is 10.8 Å². The van der Waals surface area contributed by atoms with Crippen molar-refractivity contribution < 1.29 is 17.9 Å². The minimum atomic E-state index is -4.08. The molecule has 8 nitrogen and oxygen atoms in total. The Balaban J connectivity index is 1.59. The van der Waals surface area contributed by atoms with Gasteiger partial charge in [0.15, 0.2) is 0 Å². The van der Waals surface area contributed by atoms with E-state index in [1.165, 1.54) is 42.7 Å². The fourth-order valence-corrected chi connectivity index (χ4v) is 5.37. The lowest BCUT2D eigenvalue weighted by Crippen LogP contribution is -2.38. The highest BCUT2D eigenvalue weighted by Crippen LogP contribution is 2.28. The van der Waals surface area contributed by atoms with Gasteiger partial charge < -0.3 is 4.74 Å². The number of nitrogens with zero attached hydrogens (tertiary/aromatic N) is 3. The zero-order valence-corrected chi connectivity index (χ0v) is 20.3. The van der Waals surface area contributed by atoms with Crippen LogP contribution < -0.4 is 14.4 Å². The molecule has 0 fully saturated rings. The van der Waals surface area contributed by atoms with E-state index in [2.05, 4.69) is 15.5 Å². The van der Waals surface area contributed by atoms with E-state index in [4.69, 9.17) is 16.3 Å². The lowest BCUT2D eigenvalue weighted by Gasteiger charge is -2.24. The molecule has 1 amide bonds. The molecule has 174 valence electrons. The molecule has 3 aromatic carbocycles. The highest BCUT2D eigenvalue weighted by atomic mass is 35.5. The summed E-state index contributed by atoms with van der Waals surface area (Å²) in [6.07, 6.45) is 0. The number of methoxy groups -OCH3 is 1. The second-order valence-corrected chi connectivity index (χ2v) is 10.3. The summed E-state index contributed by atoms with van der Waals surface area (Å²) in [6, 6.07) is 21.5. The van der Waals surface area contributed by atoms with Crippen LogP contribution in [0.1, 0.15) is 0 Å². The monoisotopic (exact) mass is 514 g/mol. The molecule has 1 heterocycles. The van der Waals surface area contributed by atoms with E-state index in [1.54, 1.807) is 24.3 Å². The van der Waals surface area contributed by atoms with E-state index in [9.17, 15) is 13.2 Å². The Morgan fingerprint density at radius 1 is 1.00 bits per heavy atom. The van der Waals surface area contributed by atoms with Crippen LogP contribution in [-0.2, 0) is 14.8 Å². The van der Waals surface area contributed by atoms with Crippen LogP contribution in [0.3, 0.4) is 0 Å². The number of halogens is 1. The number of ether oxygens (including phenoxy) is 1. The van der Waals surface area contributed by atoms with Gasteiger partial charge >= 0.3 is 0 Å². The molecule has 4 aromatic rings. The van der Waals surface area contributed by atoms with Crippen molar-refractivity contribution in [1.82, 2.24) is 10.2 Å². The average Bonchev–Trinajstić information content (AvgIpc) is 3.32. The summed E-state index contributed by atoms with van der Waals surface area (Å²) in [5, 5.41) is 12.1. The molecule has 0 atom stereocenters. The lowest BCUT2D eigenvalue weighted by molar-refractivity contribution is -0.114. The van der Waals surface area contributed by atoms with Crippen molar-refractivity contribution in [2.75, 3.05) is 23.3 Å². The van der Waals surface area contributed by atoms with Crippen LogP contribution in [0.25, 0.3) is 10.6 Å². The molecule has 11 heteroatoms. The highest BCUT2D eigenvalue weighted by molar-refractivity contribution is 7.92. The quantitative estimate of drug-likeness (QED) is 0.365. The van der Waals surface area contributed by atoms with Gasteiger partial charge in [0, 0.05) is 10.6 Å². The Morgan fingerprint density at radius 3 is 2.32 bits per heavy atom. The Hall–Kier alpha value is -3.47. The summed E-state index contributed by atoms with van der Waals surface area (Å²) in [6.45, 7) is -0.476. The topological polar surface area (TPSA) is 101 Å². The number of hydrogen-bond acceptors (Lipinski definition) is 7. The minimum absolute atomic E-state index is 0.0123. The van der Waals surface area contributed by atoms with Crippen molar-refractivity contribution in [2.24, 2.45) is 0 Å². The van der Waals surface area contributed by atoms with Gasteiger partial charge in [-0.2, -0.15) is 0 Å². The van der Waals surface area contributed by atoms with Crippen LogP contribution >= 0.6 is 22.9 Å². The highest BCUT2D eigenvalue weighted by Gasteiger charge is 2.27. The fraction of sp³-hybridized carbons (Fsp3) is 0.0870. The van der Waals surface area contributed by atoms with E-state index >= 15 is 0 Å². The Kier molecular flexibility index (Phi) is 7.11. The van der Waals surface area contributed by atoms with Crippen LogP contribution in [0.15, 0.2) is 83.8 Å². The predicted octanol–water partition coefficient (Wildman–Crippen LogP) is 4.70. The molecule has 0 bridgehead atoms. The molecule has 0 radical (unpaired) electrons. The van der Waals surface area contributed by atoms with Crippen molar-refractivity contribution in [3.63, 3.8) is 0 Å². The molecule has 1 aromatic heterocycles. The summed E-state index contributed by atoms with van der Waals surface area (Å²) < 4.78 is 33.0. The Bertz CT molecular complexity index is 1380. The van der Waals surface area contributed by atoms with Crippen molar-refractivity contribution in [2.45, 2.75) is 4.90 Å². The largest absolute Gasteiger partial charge is 0.497 e. The first-order valence-electron chi connectivity index (χ1n) is 9.98. The number of anilines is 2. The SMILES string of the molecule is COc1ccc(S(=O)(=O)N(CC(=O)Nc2nnc(-c3ccccc3)s2)c2ccc(Cl)cc2)cc1. The maximum absolute atomic E-state index is 13.4. The van der Waals surface area contributed by atoms with Gasteiger partial charge in [0.1, 0.15) is 17.3 Å². The number of nitrogens with one attached hydrogen (secondary N) is 1. The third kappa shape index (κ3) is 5.36. The Morgan fingerprint density at radius 2 is 1.68 bits per heavy atom. The van der Waals surface area contributed by atoms with Crippen molar-refractivity contribution >= 4 is 49.7 Å². The minimum Gasteiger partial charge on any atom is -0.497 e. The first-order valence-corrected chi connectivity index (χ1v) is 12.6. The molecular formula is C23H19ClN4O4S2.